The second kappa shape index (κ2) is 6.38. The number of hydrogen-bond donors (Lipinski definition) is 1. The van der Waals surface area contributed by atoms with Gasteiger partial charge in [0.2, 0.25) is 0 Å². The molecule has 23 heavy (non-hydrogen) atoms. The van der Waals surface area contributed by atoms with Crippen LogP contribution < -0.4 is 4.74 Å². The van der Waals surface area contributed by atoms with E-state index in [-0.39, 0.29) is 0 Å². The summed E-state index contributed by atoms with van der Waals surface area (Å²) >= 11 is 3.43. The molecule has 1 aromatic carbocycles. The highest BCUT2D eigenvalue weighted by atomic mass is 79.9. The first-order valence-electron chi connectivity index (χ1n) is 7.02. The monoisotopic (exact) mass is 371 g/mol. The van der Waals surface area contributed by atoms with Crippen molar-refractivity contribution in [1.82, 2.24) is 4.98 Å². The number of pyridine rings is 1. The van der Waals surface area contributed by atoms with Crippen LogP contribution in [-0.2, 0) is 11.2 Å². The van der Waals surface area contributed by atoms with Crippen LogP contribution in [0.2, 0.25) is 0 Å². The first-order valence-corrected chi connectivity index (χ1v) is 7.81. The molecule has 0 atom stereocenters. The fraction of sp³-hybridized carbons (Fsp3) is 0.111. The Labute approximate surface area is 142 Å². The van der Waals surface area contributed by atoms with Gasteiger partial charge in [-0.3, -0.25) is 4.98 Å². The lowest BCUT2D eigenvalue weighted by atomic mass is 10.1. The SMILES string of the molecule is COc1ccc(/C=C/C2=C(C(=O)O)c3ccc(Br)cc3C2)nc1. The van der Waals surface area contributed by atoms with Gasteiger partial charge in [-0.2, -0.15) is 0 Å². The molecule has 1 aromatic heterocycles. The molecule has 5 heteroatoms. The number of aromatic nitrogens is 1. The summed E-state index contributed by atoms with van der Waals surface area (Å²) in [5.74, 6) is -0.223. The largest absolute Gasteiger partial charge is 0.495 e. The molecule has 0 bridgehead atoms. The zero-order valence-electron chi connectivity index (χ0n) is 12.4. The van der Waals surface area contributed by atoms with E-state index < -0.39 is 5.97 Å². The van der Waals surface area contributed by atoms with E-state index in [1.807, 2.05) is 42.5 Å². The van der Waals surface area contributed by atoms with Crippen molar-refractivity contribution in [3.63, 3.8) is 0 Å². The minimum absolute atomic E-state index is 0.359. The summed E-state index contributed by atoms with van der Waals surface area (Å²) in [7, 11) is 1.59. The van der Waals surface area contributed by atoms with Crippen LogP contribution >= 0.6 is 15.9 Å². The predicted octanol–water partition coefficient (Wildman–Crippen LogP) is 3.96. The Morgan fingerprint density at radius 1 is 1.30 bits per heavy atom. The normalized spacial score (nSPS) is 13.5. The molecule has 1 heterocycles. The van der Waals surface area contributed by atoms with E-state index in [1.54, 1.807) is 13.3 Å². The molecule has 1 aliphatic rings. The van der Waals surface area contributed by atoms with Gasteiger partial charge in [-0.1, -0.05) is 28.1 Å². The standard InChI is InChI=1S/C18H14BrNO3/c1-23-15-6-5-14(20-10-15)4-2-11-8-12-9-13(19)3-7-16(12)17(11)18(21)22/h2-7,9-10H,8H2,1H3,(H,21,22)/b4-2+. The highest BCUT2D eigenvalue weighted by molar-refractivity contribution is 9.10. The summed E-state index contributed by atoms with van der Waals surface area (Å²) in [6.07, 6.45) is 5.88. The van der Waals surface area contributed by atoms with Crippen LogP contribution in [0.4, 0.5) is 0 Å². The first-order chi connectivity index (χ1) is 11.1. The lowest BCUT2D eigenvalue weighted by Gasteiger charge is -2.01. The van der Waals surface area contributed by atoms with E-state index in [4.69, 9.17) is 4.74 Å². The molecule has 0 saturated carbocycles. The van der Waals surface area contributed by atoms with Gasteiger partial charge in [0.1, 0.15) is 5.75 Å². The molecular formula is C18H14BrNO3. The highest BCUT2D eigenvalue weighted by Gasteiger charge is 2.25. The number of rotatable bonds is 4. The Balaban J connectivity index is 1.93. The van der Waals surface area contributed by atoms with Gasteiger partial charge in [-0.15, -0.1) is 0 Å². The number of carbonyl (C=O) groups is 1. The first kappa shape index (κ1) is 15.5. The van der Waals surface area contributed by atoms with Crippen molar-refractivity contribution in [2.45, 2.75) is 6.42 Å². The topological polar surface area (TPSA) is 59.4 Å². The van der Waals surface area contributed by atoms with Gasteiger partial charge in [-0.25, -0.2) is 4.79 Å². The quantitative estimate of drug-likeness (QED) is 0.883. The van der Waals surface area contributed by atoms with Crippen LogP contribution in [0.5, 0.6) is 5.75 Å². The summed E-state index contributed by atoms with van der Waals surface area (Å²) in [5, 5.41) is 9.53. The lowest BCUT2D eigenvalue weighted by molar-refractivity contribution is -0.130. The van der Waals surface area contributed by atoms with Gasteiger partial charge in [0.25, 0.3) is 0 Å². The zero-order chi connectivity index (χ0) is 16.4. The Morgan fingerprint density at radius 3 is 2.78 bits per heavy atom. The van der Waals surface area contributed by atoms with Crippen LogP contribution in [0, 0.1) is 0 Å². The van der Waals surface area contributed by atoms with Crippen LogP contribution in [0.25, 0.3) is 11.6 Å². The average molecular weight is 372 g/mol. The molecule has 3 rings (SSSR count). The highest BCUT2D eigenvalue weighted by Crippen LogP contribution is 2.35. The lowest BCUT2D eigenvalue weighted by Crippen LogP contribution is -1.99. The number of hydrogen-bond acceptors (Lipinski definition) is 3. The van der Waals surface area contributed by atoms with Gasteiger partial charge in [-0.05, 0) is 53.5 Å². The van der Waals surface area contributed by atoms with E-state index in [0.717, 1.165) is 26.9 Å². The number of ether oxygens (including phenoxy) is 1. The van der Waals surface area contributed by atoms with Crippen molar-refractivity contribution in [1.29, 1.82) is 0 Å². The van der Waals surface area contributed by atoms with Crippen molar-refractivity contribution in [3.05, 3.63) is 69.5 Å². The molecule has 0 aliphatic heterocycles. The van der Waals surface area contributed by atoms with Crippen LogP contribution in [-0.4, -0.2) is 23.2 Å². The van der Waals surface area contributed by atoms with E-state index in [9.17, 15) is 9.90 Å². The Bertz CT molecular complexity index is 823. The van der Waals surface area contributed by atoms with E-state index in [0.29, 0.717) is 17.7 Å². The van der Waals surface area contributed by atoms with Crippen molar-refractivity contribution < 1.29 is 14.6 Å². The van der Waals surface area contributed by atoms with Gasteiger partial charge in [0.05, 0.1) is 24.6 Å². The molecule has 116 valence electrons. The van der Waals surface area contributed by atoms with E-state index >= 15 is 0 Å². The average Bonchev–Trinajstić information content (AvgIpc) is 2.91. The number of methoxy groups -OCH3 is 1. The Morgan fingerprint density at radius 2 is 2.13 bits per heavy atom. The van der Waals surface area contributed by atoms with E-state index in [2.05, 4.69) is 20.9 Å². The molecule has 0 unspecified atom stereocenters. The minimum atomic E-state index is -0.909. The van der Waals surface area contributed by atoms with Crippen LogP contribution in [0.1, 0.15) is 16.8 Å². The molecule has 0 amide bonds. The third kappa shape index (κ3) is 3.19. The van der Waals surface area contributed by atoms with Crippen LogP contribution in [0.3, 0.4) is 0 Å². The number of carboxylic acids is 1. The second-order valence-electron chi connectivity index (χ2n) is 5.14. The van der Waals surface area contributed by atoms with Crippen LogP contribution in [0.15, 0.2) is 52.7 Å². The van der Waals surface area contributed by atoms with Gasteiger partial charge < -0.3 is 9.84 Å². The fourth-order valence-corrected chi connectivity index (χ4v) is 3.02. The van der Waals surface area contributed by atoms with Crippen molar-refractivity contribution in [2.75, 3.05) is 7.11 Å². The maximum absolute atomic E-state index is 11.6. The maximum atomic E-state index is 11.6. The third-order valence-electron chi connectivity index (χ3n) is 3.70. The molecule has 2 aromatic rings. The van der Waals surface area contributed by atoms with Gasteiger partial charge >= 0.3 is 5.97 Å². The number of carboxylic acid groups (broad SMARTS) is 1. The molecule has 4 nitrogen and oxygen atoms in total. The maximum Gasteiger partial charge on any atom is 0.336 e. The Kier molecular flexibility index (Phi) is 4.30. The molecule has 0 radical (unpaired) electrons. The number of aliphatic carboxylic acids is 1. The summed E-state index contributed by atoms with van der Waals surface area (Å²) in [6.45, 7) is 0. The molecule has 1 N–H and O–H groups in total. The third-order valence-corrected chi connectivity index (χ3v) is 4.20. The summed E-state index contributed by atoms with van der Waals surface area (Å²) < 4.78 is 6.02. The Hall–Kier alpha value is -2.40. The van der Waals surface area contributed by atoms with Crippen molar-refractivity contribution in [3.8, 4) is 5.75 Å². The smallest absolute Gasteiger partial charge is 0.336 e. The number of benzene rings is 1. The number of allylic oxidation sites excluding steroid dienone is 2. The molecule has 0 saturated heterocycles. The summed E-state index contributed by atoms with van der Waals surface area (Å²) in [4.78, 5) is 15.9. The van der Waals surface area contributed by atoms with Crippen molar-refractivity contribution >= 4 is 33.5 Å². The number of fused-ring (bicyclic) bond motifs is 1. The van der Waals surface area contributed by atoms with E-state index in [1.165, 1.54) is 0 Å². The van der Waals surface area contributed by atoms with Gasteiger partial charge in [0, 0.05) is 4.47 Å². The molecular weight excluding hydrogens is 358 g/mol. The second-order valence-corrected chi connectivity index (χ2v) is 6.06. The van der Waals surface area contributed by atoms with Gasteiger partial charge in [0.15, 0.2) is 0 Å². The molecule has 1 aliphatic carbocycles. The molecule has 0 spiro atoms. The van der Waals surface area contributed by atoms with Crippen molar-refractivity contribution in [2.24, 2.45) is 0 Å². The number of halogens is 1. The summed E-state index contributed by atoms with van der Waals surface area (Å²) in [6, 6.07) is 9.31. The zero-order valence-corrected chi connectivity index (χ0v) is 14.0. The predicted molar refractivity (Wildman–Crippen MR) is 92.2 cm³/mol. The molecule has 0 fully saturated rings. The fourth-order valence-electron chi connectivity index (χ4n) is 2.61. The number of nitrogens with zero attached hydrogens (tertiary/aromatic N) is 1. The summed E-state index contributed by atoms with van der Waals surface area (Å²) in [5.41, 5.74) is 3.68. The minimum Gasteiger partial charge on any atom is -0.495 e.